The molecule has 1 heterocycles. The third-order valence-corrected chi connectivity index (χ3v) is 5.31. The molecule has 2 atom stereocenters. The minimum atomic E-state index is -0.613. The van der Waals surface area contributed by atoms with Gasteiger partial charge in [-0.2, -0.15) is 0 Å². The maximum absolute atomic E-state index is 12.9. The molecule has 2 aromatic rings. The third kappa shape index (κ3) is 6.00. The molecule has 3 rings (SSSR count). The molecule has 1 aliphatic heterocycles. The Balaban J connectivity index is 1.65. The zero-order valence-electron chi connectivity index (χ0n) is 18.7. The van der Waals surface area contributed by atoms with Crippen LogP contribution in [0.25, 0.3) is 0 Å². The van der Waals surface area contributed by atoms with E-state index in [-0.39, 0.29) is 30.3 Å². The number of benzene rings is 2. The molecule has 2 amide bonds. The molecule has 166 valence electrons. The number of amides is 2. The van der Waals surface area contributed by atoms with Crippen LogP contribution < -0.4 is 20.1 Å². The number of carbonyl (C=O) groups is 2. The second-order valence-electron chi connectivity index (χ2n) is 8.30. The highest BCUT2D eigenvalue weighted by Gasteiger charge is 2.25. The van der Waals surface area contributed by atoms with Crippen LogP contribution in [0, 0.1) is 5.92 Å². The Morgan fingerprint density at radius 1 is 1.19 bits per heavy atom. The molecule has 0 spiro atoms. The van der Waals surface area contributed by atoms with Crippen LogP contribution in [0.5, 0.6) is 11.5 Å². The van der Waals surface area contributed by atoms with E-state index in [1.54, 1.807) is 0 Å². The van der Waals surface area contributed by atoms with Crippen LogP contribution in [0.3, 0.4) is 0 Å². The van der Waals surface area contributed by atoms with Crippen molar-refractivity contribution in [3.63, 3.8) is 0 Å². The number of fused-ring (bicyclic) bond motifs is 1. The van der Waals surface area contributed by atoms with E-state index in [1.807, 2.05) is 70.2 Å². The predicted octanol–water partition coefficient (Wildman–Crippen LogP) is 3.41. The predicted molar refractivity (Wildman–Crippen MR) is 120 cm³/mol. The van der Waals surface area contributed by atoms with E-state index in [2.05, 4.69) is 10.6 Å². The molecular weight excluding hydrogens is 392 g/mol. The van der Waals surface area contributed by atoms with Gasteiger partial charge in [0.15, 0.2) is 0 Å². The largest absolute Gasteiger partial charge is 0.494 e. The van der Waals surface area contributed by atoms with Gasteiger partial charge in [-0.05, 0) is 37.5 Å². The lowest BCUT2D eigenvalue weighted by molar-refractivity contribution is -0.129. The molecule has 0 aromatic heterocycles. The first-order valence-electron chi connectivity index (χ1n) is 10.9. The SMILES string of the molecule is CCOc1cc2c(cc1CNC(=O)[C@@H](NC(=O)Cc1ccccc1)C(C)C)O[C@H](C)C2. The summed E-state index contributed by atoms with van der Waals surface area (Å²) < 4.78 is 11.6. The molecule has 2 aromatic carbocycles. The first-order valence-corrected chi connectivity index (χ1v) is 10.9. The highest BCUT2D eigenvalue weighted by Crippen LogP contribution is 2.35. The van der Waals surface area contributed by atoms with E-state index in [1.165, 1.54) is 0 Å². The normalized spacial score (nSPS) is 15.7. The number of ether oxygens (including phenoxy) is 2. The van der Waals surface area contributed by atoms with Gasteiger partial charge in [-0.15, -0.1) is 0 Å². The van der Waals surface area contributed by atoms with Crippen LogP contribution in [0.2, 0.25) is 0 Å². The number of carbonyl (C=O) groups excluding carboxylic acids is 2. The summed E-state index contributed by atoms with van der Waals surface area (Å²) in [6, 6.07) is 12.8. The van der Waals surface area contributed by atoms with Crippen molar-refractivity contribution < 1.29 is 19.1 Å². The molecule has 0 saturated heterocycles. The van der Waals surface area contributed by atoms with Crippen molar-refractivity contribution in [1.82, 2.24) is 10.6 Å². The standard InChI is InChI=1S/C25H32N2O4/c1-5-30-21-13-19-11-17(4)31-22(19)14-20(21)15-26-25(29)24(16(2)3)27-23(28)12-18-9-7-6-8-10-18/h6-10,13-14,16-17,24H,5,11-12,15H2,1-4H3,(H,26,29)(H,27,28)/t17-,24+/m1/s1. The summed E-state index contributed by atoms with van der Waals surface area (Å²) in [4.78, 5) is 25.4. The van der Waals surface area contributed by atoms with Crippen LogP contribution in [0.4, 0.5) is 0 Å². The number of rotatable bonds is 9. The fourth-order valence-electron chi connectivity index (χ4n) is 3.74. The average Bonchev–Trinajstić information content (AvgIpc) is 3.09. The summed E-state index contributed by atoms with van der Waals surface area (Å²) in [5, 5.41) is 5.84. The van der Waals surface area contributed by atoms with Crippen LogP contribution in [0.15, 0.2) is 42.5 Å². The fraction of sp³-hybridized carbons (Fsp3) is 0.440. The quantitative estimate of drug-likeness (QED) is 0.647. The Labute approximate surface area is 184 Å². The van der Waals surface area contributed by atoms with Gasteiger partial charge in [-0.3, -0.25) is 9.59 Å². The fourth-order valence-corrected chi connectivity index (χ4v) is 3.74. The molecule has 0 bridgehead atoms. The van der Waals surface area contributed by atoms with E-state index in [9.17, 15) is 9.59 Å². The van der Waals surface area contributed by atoms with Crippen molar-refractivity contribution in [2.45, 2.75) is 59.2 Å². The molecule has 6 heteroatoms. The van der Waals surface area contributed by atoms with Gasteiger partial charge in [-0.25, -0.2) is 0 Å². The molecule has 0 fully saturated rings. The van der Waals surface area contributed by atoms with Gasteiger partial charge in [0.25, 0.3) is 0 Å². The molecule has 0 aliphatic carbocycles. The van der Waals surface area contributed by atoms with E-state index in [4.69, 9.17) is 9.47 Å². The van der Waals surface area contributed by atoms with Crippen LogP contribution in [-0.4, -0.2) is 30.6 Å². The monoisotopic (exact) mass is 424 g/mol. The lowest BCUT2D eigenvalue weighted by Crippen LogP contribution is -2.49. The summed E-state index contributed by atoms with van der Waals surface area (Å²) in [5.74, 6) is 1.17. The Hall–Kier alpha value is -3.02. The summed E-state index contributed by atoms with van der Waals surface area (Å²) in [5.41, 5.74) is 2.90. The van der Waals surface area contributed by atoms with E-state index in [0.717, 1.165) is 34.6 Å². The van der Waals surface area contributed by atoms with Crippen LogP contribution in [-0.2, 0) is 29.0 Å². The van der Waals surface area contributed by atoms with Gasteiger partial charge in [0.2, 0.25) is 11.8 Å². The lowest BCUT2D eigenvalue weighted by Gasteiger charge is -2.22. The highest BCUT2D eigenvalue weighted by atomic mass is 16.5. The van der Waals surface area contributed by atoms with Gasteiger partial charge in [0, 0.05) is 24.1 Å². The van der Waals surface area contributed by atoms with E-state index >= 15 is 0 Å². The van der Waals surface area contributed by atoms with Crippen LogP contribution in [0.1, 0.15) is 44.4 Å². The average molecular weight is 425 g/mol. The lowest BCUT2D eigenvalue weighted by atomic mass is 10.0. The molecule has 2 N–H and O–H groups in total. The summed E-state index contributed by atoms with van der Waals surface area (Å²) >= 11 is 0. The van der Waals surface area contributed by atoms with Gasteiger partial charge in [0.05, 0.1) is 13.0 Å². The van der Waals surface area contributed by atoms with E-state index in [0.29, 0.717) is 13.2 Å². The Morgan fingerprint density at radius 3 is 2.61 bits per heavy atom. The second kappa shape index (κ2) is 10.3. The zero-order chi connectivity index (χ0) is 22.4. The van der Waals surface area contributed by atoms with Crippen molar-refractivity contribution >= 4 is 11.8 Å². The molecule has 6 nitrogen and oxygen atoms in total. The maximum Gasteiger partial charge on any atom is 0.243 e. The first-order chi connectivity index (χ1) is 14.9. The zero-order valence-corrected chi connectivity index (χ0v) is 18.7. The molecule has 0 radical (unpaired) electrons. The third-order valence-electron chi connectivity index (χ3n) is 5.31. The first kappa shape index (κ1) is 22.7. The maximum atomic E-state index is 12.9. The Kier molecular flexibility index (Phi) is 7.55. The van der Waals surface area contributed by atoms with Gasteiger partial charge < -0.3 is 20.1 Å². The molecule has 0 unspecified atom stereocenters. The summed E-state index contributed by atoms with van der Waals surface area (Å²) in [6.07, 6.45) is 1.23. The van der Waals surface area contributed by atoms with Gasteiger partial charge in [0.1, 0.15) is 23.6 Å². The minimum Gasteiger partial charge on any atom is -0.494 e. The van der Waals surface area contributed by atoms with Gasteiger partial charge >= 0.3 is 0 Å². The molecule has 1 aliphatic rings. The number of hydrogen-bond acceptors (Lipinski definition) is 4. The topological polar surface area (TPSA) is 76.7 Å². The number of nitrogens with one attached hydrogen (secondary N) is 2. The summed E-state index contributed by atoms with van der Waals surface area (Å²) in [7, 11) is 0. The molecule has 31 heavy (non-hydrogen) atoms. The number of hydrogen-bond donors (Lipinski definition) is 2. The van der Waals surface area contributed by atoms with Gasteiger partial charge in [-0.1, -0.05) is 44.2 Å². The van der Waals surface area contributed by atoms with Crippen molar-refractivity contribution in [2.75, 3.05) is 6.61 Å². The summed E-state index contributed by atoms with van der Waals surface area (Å²) in [6.45, 7) is 8.66. The Bertz CT molecular complexity index is 911. The molecular formula is C25H32N2O4. The second-order valence-corrected chi connectivity index (χ2v) is 8.30. The highest BCUT2D eigenvalue weighted by molar-refractivity contribution is 5.88. The smallest absolute Gasteiger partial charge is 0.243 e. The van der Waals surface area contributed by atoms with E-state index < -0.39 is 6.04 Å². The van der Waals surface area contributed by atoms with Crippen molar-refractivity contribution in [2.24, 2.45) is 5.92 Å². The van der Waals surface area contributed by atoms with Crippen molar-refractivity contribution in [3.05, 3.63) is 59.2 Å². The van der Waals surface area contributed by atoms with Crippen molar-refractivity contribution in [1.29, 1.82) is 0 Å². The van der Waals surface area contributed by atoms with Crippen LogP contribution >= 0.6 is 0 Å². The van der Waals surface area contributed by atoms with Crippen molar-refractivity contribution in [3.8, 4) is 11.5 Å². The molecule has 0 saturated carbocycles. The minimum absolute atomic E-state index is 0.0460. The Morgan fingerprint density at radius 2 is 1.94 bits per heavy atom.